The van der Waals surface area contributed by atoms with Crippen molar-refractivity contribution in [3.8, 4) is 5.88 Å². The van der Waals surface area contributed by atoms with Crippen molar-refractivity contribution in [3.05, 3.63) is 48.0 Å². The Kier molecular flexibility index (Phi) is 6.98. The predicted octanol–water partition coefficient (Wildman–Crippen LogP) is 1.78. The molecular weight excluding hydrogens is 344 g/mol. The predicted molar refractivity (Wildman–Crippen MR) is 103 cm³/mol. The fourth-order valence-corrected chi connectivity index (χ4v) is 3.03. The van der Waals surface area contributed by atoms with Gasteiger partial charge in [0.2, 0.25) is 11.8 Å². The van der Waals surface area contributed by atoms with Crippen LogP contribution in [-0.2, 0) is 16.0 Å². The molecule has 0 N–H and O–H groups in total. The Morgan fingerprint density at radius 1 is 1.00 bits per heavy atom. The molecule has 0 bridgehead atoms. The van der Waals surface area contributed by atoms with Gasteiger partial charge in [-0.15, -0.1) is 10.2 Å². The quantitative estimate of drug-likeness (QED) is 0.660. The Hall–Kier alpha value is -2.67. The van der Waals surface area contributed by atoms with Crippen molar-refractivity contribution < 1.29 is 14.3 Å². The molecule has 1 fully saturated rings. The number of aryl methyl sites for hydroxylation is 1. The fourth-order valence-electron chi connectivity index (χ4n) is 3.03. The highest BCUT2D eigenvalue weighted by Gasteiger charge is 2.21. The standard InChI is InChI=1S/C20H26N4O3/c1-26-15-16-27-19-9-8-18(21-22-19)23-11-13-24(14-12-23)20(25)10-7-17-5-3-2-4-6-17/h2-6,8-9H,7,10-16H2,1H3. The van der Waals surface area contributed by atoms with Crippen LogP contribution in [0.1, 0.15) is 12.0 Å². The summed E-state index contributed by atoms with van der Waals surface area (Å²) in [7, 11) is 1.63. The van der Waals surface area contributed by atoms with E-state index >= 15 is 0 Å². The number of rotatable bonds is 8. The summed E-state index contributed by atoms with van der Waals surface area (Å²) in [6.07, 6.45) is 1.34. The van der Waals surface area contributed by atoms with Gasteiger partial charge in [0.05, 0.1) is 6.61 Å². The molecule has 0 radical (unpaired) electrons. The van der Waals surface area contributed by atoms with Gasteiger partial charge in [-0.3, -0.25) is 4.79 Å². The van der Waals surface area contributed by atoms with Crippen molar-refractivity contribution in [2.75, 3.05) is 51.4 Å². The third-order valence-electron chi connectivity index (χ3n) is 4.59. The number of methoxy groups -OCH3 is 1. The summed E-state index contributed by atoms with van der Waals surface area (Å²) in [5, 5.41) is 8.33. The molecule has 7 nitrogen and oxygen atoms in total. The molecule has 0 spiro atoms. The summed E-state index contributed by atoms with van der Waals surface area (Å²) in [6, 6.07) is 13.9. The number of carbonyl (C=O) groups excluding carboxylic acids is 1. The molecule has 1 aromatic heterocycles. The largest absolute Gasteiger partial charge is 0.474 e. The molecule has 1 saturated heterocycles. The van der Waals surface area contributed by atoms with E-state index in [0.717, 1.165) is 25.3 Å². The van der Waals surface area contributed by atoms with Crippen LogP contribution >= 0.6 is 0 Å². The molecule has 0 aliphatic carbocycles. The minimum absolute atomic E-state index is 0.214. The third-order valence-corrected chi connectivity index (χ3v) is 4.59. The molecule has 2 heterocycles. The van der Waals surface area contributed by atoms with Crippen LogP contribution in [0.25, 0.3) is 0 Å². The van der Waals surface area contributed by atoms with E-state index in [4.69, 9.17) is 9.47 Å². The zero-order valence-electron chi connectivity index (χ0n) is 15.7. The summed E-state index contributed by atoms with van der Waals surface area (Å²) < 4.78 is 10.4. The molecular formula is C20H26N4O3. The van der Waals surface area contributed by atoms with E-state index in [-0.39, 0.29) is 5.91 Å². The van der Waals surface area contributed by atoms with Crippen molar-refractivity contribution in [2.45, 2.75) is 12.8 Å². The maximum absolute atomic E-state index is 12.4. The number of aromatic nitrogens is 2. The number of ether oxygens (including phenoxy) is 2. The van der Waals surface area contributed by atoms with E-state index in [0.29, 0.717) is 38.6 Å². The summed E-state index contributed by atoms with van der Waals surface area (Å²) in [4.78, 5) is 16.5. The van der Waals surface area contributed by atoms with Crippen LogP contribution in [0.3, 0.4) is 0 Å². The van der Waals surface area contributed by atoms with Crippen molar-refractivity contribution in [3.63, 3.8) is 0 Å². The average molecular weight is 370 g/mol. The number of piperazine rings is 1. The molecule has 2 aromatic rings. The van der Waals surface area contributed by atoms with Gasteiger partial charge in [-0.2, -0.15) is 0 Å². The first-order valence-corrected chi connectivity index (χ1v) is 9.28. The lowest BCUT2D eigenvalue weighted by Gasteiger charge is -2.35. The van der Waals surface area contributed by atoms with E-state index in [1.807, 2.05) is 35.2 Å². The van der Waals surface area contributed by atoms with Gasteiger partial charge < -0.3 is 19.3 Å². The Labute approximate surface area is 159 Å². The number of nitrogens with zero attached hydrogens (tertiary/aromatic N) is 4. The Bertz CT molecular complexity index is 701. The van der Waals surface area contributed by atoms with Crippen LogP contribution in [0.5, 0.6) is 5.88 Å². The van der Waals surface area contributed by atoms with Crippen LogP contribution in [0.4, 0.5) is 5.82 Å². The number of benzene rings is 1. The lowest BCUT2D eigenvalue weighted by molar-refractivity contribution is -0.131. The maximum atomic E-state index is 12.4. The minimum Gasteiger partial charge on any atom is -0.474 e. The summed E-state index contributed by atoms with van der Waals surface area (Å²) in [6.45, 7) is 3.91. The molecule has 0 atom stereocenters. The van der Waals surface area contributed by atoms with Gasteiger partial charge in [-0.1, -0.05) is 30.3 Å². The molecule has 0 saturated carbocycles. The number of hydrogen-bond acceptors (Lipinski definition) is 6. The van der Waals surface area contributed by atoms with Gasteiger partial charge in [0, 0.05) is 45.8 Å². The molecule has 1 aromatic carbocycles. The number of amides is 1. The van der Waals surface area contributed by atoms with Crippen molar-refractivity contribution >= 4 is 11.7 Å². The van der Waals surface area contributed by atoms with Crippen LogP contribution in [0, 0.1) is 0 Å². The van der Waals surface area contributed by atoms with Gasteiger partial charge in [0.15, 0.2) is 5.82 Å². The molecule has 1 amide bonds. The molecule has 1 aliphatic heterocycles. The third kappa shape index (κ3) is 5.65. The first-order chi connectivity index (χ1) is 13.3. The zero-order valence-corrected chi connectivity index (χ0v) is 15.7. The number of hydrogen-bond donors (Lipinski definition) is 0. The minimum atomic E-state index is 0.214. The van der Waals surface area contributed by atoms with Gasteiger partial charge in [-0.25, -0.2) is 0 Å². The Morgan fingerprint density at radius 2 is 1.78 bits per heavy atom. The van der Waals surface area contributed by atoms with E-state index < -0.39 is 0 Å². The Morgan fingerprint density at radius 3 is 2.44 bits per heavy atom. The maximum Gasteiger partial charge on any atom is 0.233 e. The van der Waals surface area contributed by atoms with E-state index in [2.05, 4.69) is 27.2 Å². The molecule has 27 heavy (non-hydrogen) atoms. The zero-order chi connectivity index (χ0) is 18.9. The first kappa shape index (κ1) is 19.1. The van der Waals surface area contributed by atoms with Gasteiger partial charge in [0.25, 0.3) is 0 Å². The molecule has 144 valence electrons. The molecule has 7 heteroatoms. The van der Waals surface area contributed by atoms with Crippen LogP contribution in [0.2, 0.25) is 0 Å². The monoisotopic (exact) mass is 370 g/mol. The lowest BCUT2D eigenvalue weighted by Crippen LogP contribution is -2.49. The molecule has 0 unspecified atom stereocenters. The first-order valence-electron chi connectivity index (χ1n) is 9.28. The summed E-state index contributed by atoms with van der Waals surface area (Å²) in [5.41, 5.74) is 1.20. The summed E-state index contributed by atoms with van der Waals surface area (Å²) >= 11 is 0. The van der Waals surface area contributed by atoms with E-state index in [9.17, 15) is 4.79 Å². The van der Waals surface area contributed by atoms with Crippen LogP contribution in [0.15, 0.2) is 42.5 Å². The highest BCUT2D eigenvalue weighted by atomic mass is 16.5. The smallest absolute Gasteiger partial charge is 0.233 e. The van der Waals surface area contributed by atoms with Crippen LogP contribution in [-0.4, -0.2) is 67.5 Å². The van der Waals surface area contributed by atoms with Gasteiger partial charge >= 0.3 is 0 Å². The number of carbonyl (C=O) groups is 1. The average Bonchev–Trinajstić information content (AvgIpc) is 2.74. The molecule has 1 aliphatic rings. The van der Waals surface area contributed by atoms with Crippen LogP contribution < -0.4 is 9.64 Å². The topological polar surface area (TPSA) is 67.8 Å². The highest BCUT2D eigenvalue weighted by Crippen LogP contribution is 2.16. The SMILES string of the molecule is COCCOc1ccc(N2CCN(C(=O)CCc3ccccc3)CC2)nn1. The second-order valence-corrected chi connectivity index (χ2v) is 6.42. The van der Waals surface area contributed by atoms with Crippen molar-refractivity contribution in [2.24, 2.45) is 0 Å². The fraction of sp³-hybridized carbons (Fsp3) is 0.450. The van der Waals surface area contributed by atoms with Crippen molar-refractivity contribution in [1.82, 2.24) is 15.1 Å². The second-order valence-electron chi connectivity index (χ2n) is 6.42. The van der Waals surface area contributed by atoms with Crippen molar-refractivity contribution in [1.29, 1.82) is 0 Å². The lowest BCUT2D eigenvalue weighted by atomic mass is 10.1. The highest BCUT2D eigenvalue weighted by molar-refractivity contribution is 5.76. The second kappa shape index (κ2) is 9.87. The van der Waals surface area contributed by atoms with E-state index in [1.54, 1.807) is 7.11 Å². The van der Waals surface area contributed by atoms with E-state index in [1.165, 1.54) is 5.56 Å². The molecule has 3 rings (SSSR count). The normalized spacial score (nSPS) is 14.3. The van der Waals surface area contributed by atoms with Gasteiger partial charge in [-0.05, 0) is 18.1 Å². The number of anilines is 1. The Balaban J connectivity index is 1.43. The van der Waals surface area contributed by atoms with Gasteiger partial charge in [0.1, 0.15) is 6.61 Å². The summed E-state index contributed by atoms with van der Waals surface area (Å²) in [5.74, 6) is 1.52.